The Balaban J connectivity index is 1.53. The fourth-order valence-electron chi connectivity index (χ4n) is 3.49. The van der Waals surface area contributed by atoms with Crippen molar-refractivity contribution in [1.29, 1.82) is 0 Å². The minimum Gasteiger partial charge on any atom is -0.496 e. The molecule has 3 rings (SSSR count). The Morgan fingerprint density at radius 3 is 2.04 bits per heavy atom. The van der Waals surface area contributed by atoms with Crippen LogP contribution in [0.4, 0.5) is 0 Å². The monoisotopic (exact) mass is 382 g/mol. The Kier molecular flexibility index (Phi) is 7.34. The Labute approximate surface area is 168 Å². The highest BCUT2D eigenvalue weighted by atomic mass is 16.5. The normalized spacial score (nSPS) is 15.7. The summed E-state index contributed by atoms with van der Waals surface area (Å²) in [5, 5.41) is 0. The zero-order valence-corrected chi connectivity index (χ0v) is 17.1. The molecule has 1 fully saturated rings. The lowest BCUT2D eigenvalue weighted by molar-refractivity contribution is 0.136. The molecule has 1 aliphatic rings. The summed E-state index contributed by atoms with van der Waals surface area (Å²) in [7, 11) is 5.00. The molecule has 5 heteroatoms. The van der Waals surface area contributed by atoms with E-state index < -0.39 is 0 Å². The van der Waals surface area contributed by atoms with Crippen LogP contribution in [0, 0.1) is 0 Å². The lowest BCUT2D eigenvalue weighted by Gasteiger charge is -2.34. The molecule has 0 aliphatic carbocycles. The third-order valence-corrected chi connectivity index (χ3v) is 5.12. The van der Waals surface area contributed by atoms with E-state index in [1.54, 1.807) is 21.3 Å². The summed E-state index contributed by atoms with van der Waals surface area (Å²) < 4.78 is 16.4. The number of piperazine rings is 1. The molecule has 0 bridgehead atoms. The average molecular weight is 383 g/mol. The van der Waals surface area contributed by atoms with Gasteiger partial charge in [-0.3, -0.25) is 9.80 Å². The van der Waals surface area contributed by atoms with E-state index in [0.717, 1.165) is 56.3 Å². The summed E-state index contributed by atoms with van der Waals surface area (Å²) in [5.41, 5.74) is 2.37. The molecule has 0 saturated carbocycles. The molecule has 2 aromatic rings. The number of methoxy groups -OCH3 is 3. The van der Waals surface area contributed by atoms with Crippen LogP contribution < -0.4 is 14.2 Å². The van der Waals surface area contributed by atoms with Crippen molar-refractivity contribution in [3.63, 3.8) is 0 Å². The van der Waals surface area contributed by atoms with Crippen LogP contribution in [0.2, 0.25) is 0 Å². The Hall–Kier alpha value is -2.50. The van der Waals surface area contributed by atoms with Crippen molar-refractivity contribution in [2.45, 2.75) is 6.54 Å². The summed E-state index contributed by atoms with van der Waals surface area (Å²) >= 11 is 0. The second kappa shape index (κ2) is 10.2. The number of rotatable bonds is 8. The van der Waals surface area contributed by atoms with Gasteiger partial charge in [-0.2, -0.15) is 0 Å². The predicted octanol–water partition coefficient (Wildman–Crippen LogP) is 3.54. The van der Waals surface area contributed by atoms with Gasteiger partial charge < -0.3 is 14.2 Å². The SMILES string of the molecule is COc1cc(OC)c(OC)cc1CN1CCN(CC=Cc2ccccc2)CC1. The highest BCUT2D eigenvalue weighted by Gasteiger charge is 2.19. The zero-order chi connectivity index (χ0) is 19.8. The molecule has 1 heterocycles. The Morgan fingerprint density at radius 1 is 0.786 bits per heavy atom. The smallest absolute Gasteiger partial charge is 0.164 e. The summed E-state index contributed by atoms with van der Waals surface area (Å²) in [6.45, 7) is 6.04. The molecule has 0 unspecified atom stereocenters. The average Bonchev–Trinajstić information content (AvgIpc) is 2.75. The summed E-state index contributed by atoms with van der Waals surface area (Å²) in [5.74, 6) is 2.27. The van der Waals surface area contributed by atoms with E-state index in [1.165, 1.54) is 5.56 Å². The molecule has 1 aliphatic heterocycles. The number of hydrogen-bond acceptors (Lipinski definition) is 5. The fourth-order valence-corrected chi connectivity index (χ4v) is 3.49. The Bertz CT molecular complexity index is 769. The van der Waals surface area contributed by atoms with Crippen molar-refractivity contribution in [3.8, 4) is 17.2 Å². The number of nitrogens with zero attached hydrogens (tertiary/aromatic N) is 2. The highest BCUT2D eigenvalue weighted by Crippen LogP contribution is 2.35. The Morgan fingerprint density at radius 2 is 1.39 bits per heavy atom. The summed E-state index contributed by atoms with van der Waals surface area (Å²) in [6, 6.07) is 14.4. The van der Waals surface area contributed by atoms with Gasteiger partial charge in [-0.25, -0.2) is 0 Å². The van der Waals surface area contributed by atoms with Crippen LogP contribution in [-0.2, 0) is 6.54 Å². The van der Waals surface area contributed by atoms with Crippen LogP contribution in [0.25, 0.3) is 6.08 Å². The van der Waals surface area contributed by atoms with Gasteiger partial charge in [-0.05, 0) is 11.6 Å². The topological polar surface area (TPSA) is 34.2 Å². The van der Waals surface area contributed by atoms with E-state index in [0.29, 0.717) is 5.75 Å². The molecular weight excluding hydrogens is 352 g/mol. The van der Waals surface area contributed by atoms with Crippen LogP contribution in [0.3, 0.4) is 0 Å². The van der Waals surface area contributed by atoms with Gasteiger partial charge in [0.05, 0.1) is 21.3 Å². The molecule has 0 amide bonds. The molecule has 1 saturated heterocycles. The van der Waals surface area contributed by atoms with E-state index in [9.17, 15) is 0 Å². The molecule has 0 N–H and O–H groups in total. The van der Waals surface area contributed by atoms with Gasteiger partial charge in [-0.1, -0.05) is 42.5 Å². The van der Waals surface area contributed by atoms with Gasteiger partial charge in [0.15, 0.2) is 11.5 Å². The molecular formula is C23H30N2O3. The van der Waals surface area contributed by atoms with E-state index >= 15 is 0 Å². The number of benzene rings is 2. The fraction of sp³-hybridized carbons (Fsp3) is 0.391. The summed E-state index contributed by atoms with van der Waals surface area (Å²) in [6.07, 6.45) is 4.45. The zero-order valence-electron chi connectivity index (χ0n) is 17.1. The van der Waals surface area contributed by atoms with Gasteiger partial charge in [0.25, 0.3) is 0 Å². The molecule has 0 spiro atoms. The minimum absolute atomic E-state index is 0.693. The van der Waals surface area contributed by atoms with Crippen molar-refractivity contribution >= 4 is 6.08 Å². The standard InChI is InChI=1S/C23H30N2O3/c1-26-21-17-23(28-3)22(27-2)16-20(21)18-25-14-12-24(13-15-25)11-7-10-19-8-5-4-6-9-19/h4-10,16-17H,11-15,18H2,1-3H3. The third-order valence-electron chi connectivity index (χ3n) is 5.12. The second-order valence-electron chi connectivity index (χ2n) is 6.91. The van der Waals surface area contributed by atoms with Crippen molar-refractivity contribution in [1.82, 2.24) is 9.80 Å². The van der Waals surface area contributed by atoms with Gasteiger partial charge in [-0.15, -0.1) is 0 Å². The van der Waals surface area contributed by atoms with E-state index in [1.807, 2.05) is 18.2 Å². The summed E-state index contributed by atoms with van der Waals surface area (Å²) in [4.78, 5) is 4.95. The third kappa shape index (κ3) is 5.27. The van der Waals surface area contributed by atoms with E-state index in [4.69, 9.17) is 14.2 Å². The lowest BCUT2D eigenvalue weighted by atomic mass is 10.1. The van der Waals surface area contributed by atoms with Gasteiger partial charge >= 0.3 is 0 Å². The quantitative estimate of drug-likeness (QED) is 0.698. The van der Waals surface area contributed by atoms with Crippen LogP contribution in [0.5, 0.6) is 17.2 Å². The maximum absolute atomic E-state index is 5.56. The molecule has 28 heavy (non-hydrogen) atoms. The van der Waals surface area contributed by atoms with Crippen molar-refractivity contribution < 1.29 is 14.2 Å². The number of hydrogen-bond donors (Lipinski definition) is 0. The maximum atomic E-state index is 5.56. The van der Waals surface area contributed by atoms with Gasteiger partial charge in [0.2, 0.25) is 0 Å². The molecule has 0 atom stereocenters. The van der Waals surface area contributed by atoms with Gasteiger partial charge in [0, 0.05) is 50.9 Å². The maximum Gasteiger partial charge on any atom is 0.164 e. The number of ether oxygens (including phenoxy) is 3. The van der Waals surface area contributed by atoms with E-state index in [2.05, 4.69) is 46.2 Å². The largest absolute Gasteiger partial charge is 0.496 e. The van der Waals surface area contributed by atoms with Crippen LogP contribution in [0.1, 0.15) is 11.1 Å². The van der Waals surface area contributed by atoms with Crippen LogP contribution in [-0.4, -0.2) is 63.9 Å². The first-order valence-corrected chi connectivity index (χ1v) is 9.68. The first kappa shape index (κ1) is 20.2. The molecule has 150 valence electrons. The molecule has 0 aromatic heterocycles. The van der Waals surface area contributed by atoms with E-state index in [-0.39, 0.29) is 0 Å². The molecule has 2 aromatic carbocycles. The van der Waals surface area contributed by atoms with Crippen molar-refractivity contribution in [2.24, 2.45) is 0 Å². The highest BCUT2D eigenvalue weighted by molar-refractivity contribution is 5.51. The first-order valence-electron chi connectivity index (χ1n) is 9.68. The van der Waals surface area contributed by atoms with Crippen LogP contribution in [0.15, 0.2) is 48.5 Å². The lowest BCUT2D eigenvalue weighted by Crippen LogP contribution is -2.45. The molecule has 5 nitrogen and oxygen atoms in total. The predicted molar refractivity (Wildman–Crippen MR) is 113 cm³/mol. The van der Waals surface area contributed by atoms with Gasteiger partial charge in [0.1, 0.15) is 5.75 Å². The van der Waals surface area contributed by atoms with Crippen molar-refractivity contribution in [2.75, 3.05) is 54.1 Å². The first-order chi connectivity index (χ1) is 13.7. The van der Waals surface area contributed by atoms with Crippen LogP contribution >= 0.6 is 0 Å². The van der Waals surface area contributed by atoms with Crippen molar-refractivity contribution in [3.05, 3.63) is 59.7 Å². The molecule has 0 radical (unpaired) electrons. The minimum atomic E-state index is 0.693. The second-order valence-corrected chi connectivity index (χ2v) is 6.91.